The first-order chi connectivity index (χ1) is 9.56. The van der Waals surface area contributed by atoms with E-state index in [4.69, 9.17) is 22.1 Å². The monoisotopic (exact) mass is 295 g/mol. The van der Waals surface area contributed by atoms with Crippen molar-refractivity contribution in [1.29, 1.82) is 0 Å². The molecule has 1 heterocycles. The van der Waals surface area contributed by atoms with E-state index in [9.17, 15) is 8.78 Å². The fourth-order valence-electron chi connectivity index (χ4n) is 2.44. The van der Waals surface area contributed by atoms with E-state index in [0.29, 0.717) is 17.7 Å². The molecule has 2 N–H and O–H groups in total. The average molecular weight is 296 g/mol. The largest absolute Gasteiger partial charge is 0.485 e. The third-order valence-corrected chi connectivity index (χ3v) is 3.73. The van der Waals surface area contributed by atoms with Gasteiger partial charge in [0, 0.05) is 29.7 Å². The van der Waals surface area contributed by atoms with Crippen molar-refractivity contribution in [3.63, 3.8) is 0 Å². The van der Waals surface area contributed by atoms with E-state index in [1.54, 1.807) is 18.2 Å². The Balaban J connectivity index is 2.00. The van der Waals surface area contributed by atoms with Crippen molar-refractivity contribution >= 4 is 11.6 Å². The van der Waals surface area contributed by atoms with Crippen LogP contribution in [0.2, 0.25) is 5.02 Å². The van der Waals surface area contributed by atoms with Gasteiger partial charge >= 0.3 is 0 Å². The van der Waals surface area contributed by atoms with Gasteiger partial charge in [-0.2, -0.15) is 0 Å². The summed E-state index contributed by atoms with van der Waals surface area (Å²) in [5.41, 5.74) is 7.12. The van der Waals surface area contributed by atoms with Crippen molar-refractivity contribution in [3.8, 4) is 5.75 Å². The average Bonchev–Trinajstić information content (AvgIpc) is 2.41. The molecule has 2 nitrogen and oxygen atoms in total. The summed E-state index contributed by atoms with van der Waals surface area (Å²) in [7, 11) is 0. The third-order valence-electron chi connectivity index (χ3n) is 3.44. The minimum absolute atomic E-state index is 0.0321. The van der Waals surface area contributed by atoms with Crippen molar-refractivity contribution in [2.45, 2.75) is 18.6 Å². The predicted molar refractivity (Wildman–Crippen MR) is 72.7 cm³/mol. The Labute approximate surface area is 120 Å². The smallest absolute Gasteiger partial charge is 0.148 e. The van der Waals surface area contributed by atoms with Crippen LogP contribution in [-0.4, -0.2) is 0 Å². The molecule has 0 aromatic heterocycles. The summed E-state index contributed by atoms with van der Waals surface area (Å²) in [6.07, 6.45) is -0.159. The van der Waals surface area contributed by atoms with E-state index in [2.05, 4.69) is 0 Å². The molecule has 2 unspecified atom stereocenters. The highest BCUT2D eigenvalue weighted by molar-refractivity contribution is 6.30. The van der Waals surface area contributed by atoms with Crippen LogP contribution in [0, 0.1) is 11.6 Å². The highest BCUT2D eigenvalue weighted by Crippen LogP contribution is 2.41. The van der Waals surface area contributed by atoms with Gasteiger partial charge in [-0.3, -0.25) is 0 Å². The van der Waals surface area contributed by atoms with E-state index in [-0.39, 0.29) is 11.1 Å². The second-order valence-electron chi connectivity index (χ2n) is 4.77. The molecule has 0 spiro atoms. The van der Waals surface area contributed by atoms with Crippen LogP contribution in [0.25, 0.3) is 0 Å². The Morgan fingerprint density at radius 1 is 1.15 bits per heavy atom. The summed E-state index contributed by atoms with van der Waals surface area (Å²) in [4.78, 5) is 0. The topological polar surface area (TPSA) is 35.2 Å². The Morgan fingerprint density at radius 2 is 1.95 bits per heavy atom. The van der Waals surface area contributed by atoms with Crippen LogP contribution < -0.4 is 10.5 Å². The summed E-state index contributed by atoms with van der Waals surface area (Å²) in [5, 5.41) is 0.0321. The molecule has 1 aliphatic rings. The maximum atomic E-state index is 14.0. The number of ether oxygens (including phenoxy) is 1. The number of nitrogens with two attached hydrogens (primary N) is 1. The summed E-state index contributed by atoms with van der Waals surface area (Å²) in [5.74, 6) is -0.581. The fraction of sp³-hybridized carbons (Fsp3) is 0.200. The van der Waals surface area contributed by atoms with Crippen LogP contribution in [0.4, 0.5) is 8.78 Å². The second kappa shape index (κ2) is 5.04. The molecule has 5 heteroatoms. The van der Waals surface area contributed by atoms with Crippen LogP contribution >= 0.6 is 11.6 Å². The normalized spacial score (nSPS) is 21.2. The van der Waals surface area contributed by atoms with Crippen molar-refractivity contribution in [2.75, 3.05) is 0 Å². The van der Waals surface area contributed by atoms with Crippen LogP contribution in [0.15, 0.2) is 36.4 Å². The van der Waals surface area contributed by atoms with Gasteiger partial charge < -0.3 is 10.5 Å². The number of rotatable bonds is 1. The maximum absolute atomic E-state index is 14.0. The fourth-order valence-corrected chi connectivity index (χ4v) is 2.62. The SMILES string of the molecule is NC1CC(c2cccc(Cl)c2F)Oc2cc(F)ccc21. The number of hydrogen-bond donors (Lipinski definition) is 1. The molecule has 0 bridgehead atoms. The van der Waals surface area contributed by atoms with Gasteiger partial charge in [-0.15, -0.1) is 0 Å². The minimum atomic E-state index is -0.571. The predicted octanol–water partition coefficient (Wildman–Crippen LogP) is 4.14. The lowest BCUT2D eigenvalue weighted by Gasteiger charge is -2.30. The van der Waals surface area contributed by atoms with Gasteiger partial charge in [-0.1, -0.05) is 29.8 Å². The number of hydrogen-bond acceptors (Lipinski definition) is 2. The first-order valence-corrected chi connectivity index (χ1v) is 6.59. The summed E-state index contributed by atoms with van der Waals surface area (Å²) < 4.78 is 33.0. The Hall–Kier alpha value is -1.65. The van der Waals surface area contributed by atoms with Crippen LogP contribution in [0.1, 0.15) is 29.7 Å². The lowest BCUT2D eigenvalue weighted by Crippen LogP contribution is -2.24. The van der Waals surface area contributed by atoms with E-state index in [1.165, 1.54) is 18.2 Å². The molecule has 2 aromatic carbocycles. The van der Waals surface area contributed by atoms with Crippen molar-refractivity contribution in [3.05, 3.63) is 64.2 Å². The molecule has 2 aromatic rings. The number of fused-ring (bicyclic) bond motifs is 1. The maximum Gasteiger partial charge on any atom is 0.148 e. The van der Waals surface area contributed by atoms with Crippen molar-refractivity contribution in [1.82, 2.24) is 0 Å². The van der Waals surface area contributed by atoms with Gasteiger partial charge in [0.05, 0.1) is 5.02 Å². The first-order valence-electron chi connectivity index (χ1n) is 6.22. The van der Waals surface area contributed by atoms with Gasteiger partial charge in [0.25, 0.3) is 0 Å². The van der Waals surface area contributed by atoms with Crippen LogP contribution in [0.3, 0.4) is 0 Å². The van der Waals surface area contributed by atoms with E-state index >= 15 is 0 Å². The molecular weight excluding hydrogens is 284 g/mol. The van der Waals surface area contributed by atoms with Crippen molar-refractivity contribution in [2.24, 2.45) is 5.73 Å². The molecule has 1 aliphatic heterocycles. The number of benzene rings is 2. The summed E-state index contributed by atoms with van der Waals surface area (Å²) in [6, 6.07) is 8.59. The standard InChI is InChI=1S/C15H12ClF2NO/c16-11-3-1-2-10(15(11)18)14-7-12(19)9-5-4-8(17)6-13(9)20-14/h1-6,12,14H,7,19H2. The molecule has 0 aliphatic carbocycles. The van der Waals surface area contributed by atoms with Gasteiger partial charge in [-0.25, -0.2) is 8.78 Å². The molecule has 2 atom stereocenters. The highest BCUT2D eigenvalue weighted by Gasteiger charge is 2.29. The molecule has 20 heavy (non-hydrogen) atoms. The second-order valence-corrected chi connectivity index (χ2v) is 5.18. The van der Waals surface area contributed by atoms with Gasteiger partial charge in [0.2, 0.25) is 0 Å². The van der Waals surface area contributed by atoms with E-state index in [0.717, 1.165) is 5.56 Å². The van der Waals surface area contributed by atoms with E-state index in [1.807, 2.05) is 0 Å². The lowest BCUT2D eigenvalue weighted by molar-refractivity contribution is 0.156. The molecule has 0 fully saturated rings. The molecule has 0 amide bonds. The van der Waals surface area contributed by atoms with Gasteiger partial charge in [0.1, 0.15) is 23.5 Å². The van der Waals surface area contributed by atoms with Crippen LogP contribution in [-0.2, 0) is 0 Å². The third kappa shape index (κ3) is 2.25. The molecule has 3 rings (SSSR count). The first kappa shape index (κ1) is 13.3. The molecular formula is C15H12ClF2NO. The highest BCUT2D eigenvalue weighted by atomic mass is 35.5. The zero-order valence-electron chi connectivity index (χ0n) is 10.4. The molecule has 0 saturated heterocycles. The lowest BCUT2D eigenvalue weighted by atomic mass is 9.93. The van der Waals surface area contributed by atoms with E-state index < -0.39 is 17.7 Å². The Morgan fingerprint density at radius 3 is 2.75 bits per heavy atom. The van der Waals surface area contributed by atoms with Crippen LogP contribution in [0.5, 0.6) is 5.75 Å². The molecule has 0 saturated carbocycles. The van der Waals surface area contributed by atoms with Crippen molar-refractivity contribution < 1.29 is 13.5 Å². The summed E-state index contributed by atoms with van der Waals surface area (Å²) in [6.45, 7) is 0. The Bertz CT molecular complexity index is 662. The zero-order chi connectivity index (χ0) is 14.3. The quantitative estimate of drug-likeness (QED) is 0.858. The van der Waals surface area contributed by atoms with Gasteiger partial charge in [-0.05, 0) is 12.1 Å². The zero-order valence-corrected chi connectivity index (χ0v) is 11.2. The summed E-state index contributed by atoms with van der Waals surface area (Å²) >= 11 is 5.77. The number of halogens is 3. The van der Waals surface area contributed by atoms with Gasteiger partial charge in [0.15, 0.2) is 0 Å². The molecule has 0 radical (unpaired) electrons. The minimum Gasteiger partial charge on any atom is -0.485 e. The molecule has 104 valence electrons. The Kier molecular flexibility index (Phi) is 3.36.